The first-order valence-electron chi connectivity index (χ1n) is 7.33. The van der Waals surface area contributed by atoms with Crippen molar-refractivity contribution in [1.82, 2.24) is 0 Å². The molecule has 2 fully saturated rings. The third kappa shape index (κ3) is 1.48. The molecule has 0 N–H and O–H groups in total. The van der Waals surface area contributed by atoms with E-state index in [1.807, 2.05) is 12.1 Å². The molecular weight excluding hydrogens is 254 g/mol. The fourth-order valence-electron chi connectivity index (χ4n) is 4.02. The summed E-state index contributed by atoms with van der Waals surface area (Å²) < 4.78 is 5.67. The van der Waals surface area contributed by atoms with E-state index in [-0.39, 0.29) is 17.3 Å². The fourth-order valence-corrected chi connectivity index (χ4v) is 4.02. The first-order chi connectivity index (χ1) is 9.71. The van der Waals surface area contributed by atoms with Crippen LogP contribution in [0.15, 0.2) is 24.3 Å². The third-order valence-electron chi connectivity index (χ3n) is 4.98. The van der Waals surface area contributed by atoms with Gasteiger partial charge in [-0.2, -0.15) is 0 Å². The summed E-state index contributed by atoms with van der Waals surface area (Å²) in [6.45, 7) is 0. The van der Waals surface area contributed by atoms with E-state index in [4.69, 9.17) is 4.74 Å². The van der Waals surface area contributed by atoms with Crippen LogP contribution in [0.5, 0.6) is 0 Å². The zero-order chi connectivity index (χ0) is 13.7. The van der Waals surface area contributed by atoms with Gasteiger partial charge in [-0.05, 0) is 25.0 Å². The number of para-hydroxylation sites is 1. The maximum atomic E-state index is 12.5. The molecule has 1 spiro atoms. The number of benzene rings is 1. The summed E-state index contributed by atoms with van der Waals surface area (Å²) in [7, 11) is 0. The lowest BCUT2D eigenvalue weighted by Gasteiger charge is -2.41. The van der Waals surface area contributed by atoms with Gasteiger partial charge in [0.25, 0.3) is 0 Å². The number of hydrogen-bond acceptors (Lipinski definition) is 3. The Kier molecular flexibility index (Phi) is 2.43. The van der Waals surface area contributed by atoms with E-state index in [9.17, 15) is 9.59 Å². The monoisotopic (exact) mass is 271 g/mol. The largest absolute Gasteiger partial charge is 0.437 e. The quantitative estimate of drug-likeness (QED) is 0.682. The van der Waals surface area contributed by atoms with E-state index >= 15 is 0 Å². The Morgan fingerprint density at radius 1 is 1.10 bits per heavy atom. The highest BCUT2D eigenvalue weighted by atomic mass is 16.6. The number of hydrogen-bond donors (Lipinski definition) is 0. The van der Waals surface area contributed by atoms with E-state index < -0.39 is 6.23 Å². The van der Waals surface area contributed by atoms with Crippen LogP contribution in [0.2, 0.25) is 0 Å². The number of amides is 1. The summed E-state index contributed by atoms with van der Waals surface area (Å²) in [5, 5.41) is 0. The van der Waals surface area contributed by atoms with Gasteiger partial charge in [-0.1, -0.05) is 31.4 Å². The standard InChI is InChI=1S/C16H17NO3/c18-13-10-16(8-4-1-5-9-16)15-17(13)12-7-3-2-6-11(12)14(19)20-15/h2-3,6-7,15H,1,4-5,8-10H2. The van der Waals surface area contributed by atoms with Crippen LogP contribution in [0.1, 0.15) is 48.9 Å². The maximum absolute atomic E-state index is 12.5. The highest BCUT2D eigenvalue weighted by Gasteiger charge is 2.56. The molecular formula is C16H17NO3. The molecule has 3 aliphatic rings. The molecule has 4 heteroatoms. The summed E-state index contributed by atoms with van der Waals surface area (Å²) >= 11 is 0. The van der Waals surface area contributed by atoms with Gasteiger partial charge in [0.1, 0.15) is 0 Å². The second kappa shape index (κ2) is 4.08. The highest BCUT2D eigenvalue weighted by molar-refractivity contribution is 6.07. The number of nitrogens with zero attached hydrogens (tertiary/aromatic N) is 1. The first kappa shape index (κ1) is 11.9. The first-order valence-corrected chi connectivity index (χ1v) is 7.33. The molecule has 1 saturated heterocycles. The minimum atomic E-state index is -0.391. The topological polar surface area (TPSA) is 46.6 Å². The van der Waals surface area contributed by atoms with Crippen molar-refractivity contribution >= 4 is 17.6 Å². The van der Waals surface area contributed by atoms with Gasteiger partial charge in [-0.25, -0.2) is 4.79 Å². The van der Waals surface area contributed by atoms with E-state index in [1.54, 1.807) is 17.0 Å². The molecule has 1 unspecified atom stereocenters. The number of anilines is 1. The van der Waals surface area contributed by atoms with Crippen molar-refractivity contribution in [1.29, 1.82) is 0 Å². The molecule has 0 radical (unpaired) electrons. The van der Waals surface area contributed by atoms with Gasteiger partial charge in [-0.15, -0.1) is 0 Å². The normalized spacial score (nSPS) is 27.2. The highest BCUT2D eigenvalue weighted by Crippen LogP contribution is 2.52. The van der Waals surface area contributed by atoms with Crippen molar-refractivity contribution in [2.45, 2.75) is 44.8 Å². The Bertz CT molecular complexity index is 589. The number of fused-ring (bicyclic) bond motifs is 4. The van der Waals surface area contributed by atoms with E-state index in [0.29, 0.717) is 12.0 Å². The van der Waals surface area contributed by atoms with Crippen molar-refractivity contribution in [3.63, 3.8) is 0 Å². The number of ether oxygens (including phenoxy) is 1. The van der Waals surface area contributed by atoms with Crippen molar-refractivity contribution in [2.75, 3.05) is 4.90 Å². The lowest BCUT2D eigenvalue weighted by molar-refractivity contribution is -0.118. The van der Waals surface area contributed by atoms with Gasteiger partial charge in [0.2, 0.25) is 5.91 Å². The van der Waals surface area contributed by atoms with Gasteiger partial charge in [-0.3, -0.25) is 9.69 Å². The molecule has 4 nitrogen and oxygen atoms in total. The molecule has 1 aromatic rings. The third-order valence-corrected chi connectivity index (χ3v) is 4.98. The molecule has 1 saturated carbocycles. The molecule has 2 heterocycles. The van der Waals surface area contributed by atoms with Gasteiger partial charge >= 0.3 is 5.97 Å². The average molecular weight is 271 g/mol. The van der Waals surface area contributed by atoms with E-state index in [2.05, 4.69) is 0 Å². The Hall–Kier alpha value is -1.84. The molecule has 104 valence electrons. The Labute approximate surface area is 117 Å². The molecule has 1 aromatic carbocycles. The molecule has 1 aliphatic carbocycles. The number of rotatable bonds is 0. The summed E-state index contributed by atoms with van der Waals surface area (Å²) in [5.74, 6) is -0.196. The second-order valence-electron chi connectivity index (χ2n) is 6.14. The summed E-state index contributed by atoms with van der Waals surface area (Å²) in [4.78, 5) is 26.4. The zero-order valence-corrected chi connectivity index (χ0v) is 11.3. The summed E-state index contributed by atoms with van der Waals surface area (Å²) in [5.41, 5.74) is 1.07. The van der Waals surface area contributed by atoms with Gasteiger partial charge in [0.05, 0.1) is 11.3 Å². The zero-order valence-electron chi connectivity index (χ0n) is 11.3. The lowest BCUT2D eigenvalue weighted by atomic mass is 9.72. The molecule has 0 bridgehead atoms. The van der Waals surface area contributed by atoms with Crippen molar-refractivity contribution < 1.29 is 14.3 Å². The SMILES string of the molecule is O=C1OC2N(C(=O)CC23CCCCC3)c2ccccc21. The molecule has 20 heavy (non-hydrogen) atoms. The predicted octanol–water partition coefficient (Wildman–Crippen LogP) is 2.87. The Balaban J connectivity index is 1.82. The molecule has 0 aromatic heterocycles. The van der Waals surface area contributed by atoms with Crippen LogP contribution in [-0.2, 0) is 9.53 Å². The Morgan fingerprint density at radius 3 is 2.65 bits per heavy atom. The minimum Gasteiger partial charge on any atom is -0.437 e. The van der Waals surface area contributed by atoms with Crippen molar-refractivity contribution in [2.24, 2.45) is 5.41 Å². The van der Waals surface area contributed by atoms with Crippen LogP contribution in [0.3, 0.4) is 0 Å². The van der Waals surface area contributed by atoms with Crippen LogP contribution in [0, 0.1) is 5.41 Å². The Morgan fingerprint density at radius 2 is 1.85 bits per heavy atom. The fraction of sp³-hybridized carbons (Fsp3) is 0.500. The number of carbonyl (C=O) groups excluding carboxylic acids is 2. The summed E-state index contributed by atoms with van der Waals surface area (Å²) in [6.07, 6.45) is 5.54. The molecule has 1 amide bonds. The minimum absolute atomic E-state index is 0.0943. The average Bonchev–Trinajstić information content (AvgIpc) is 2.72. The van der Waals surface area contributed by atoms with Crippen LogP contribution in [-0.4, -0.2) is 18.1 Å². The second-order valence-corrected chi connectivity index (χ2v) is 6.14. The molecule has 2 aliphatic heterocycles. The summed E-state index contributed by atoms with van der Waals surface area (Å²) in [6, 6.07) is 7.25. The van der Waals surface area contributed by atoms with Crippen molar-refractivity contribution in [3.8, 4) is 0 Å². The lowest BCUT2D eigenvalue weighted by Crippen LogP contribution is -2.48. The molecule has 1 atom stereocenters. The van der Waals surface area contributed by atoms with Gasteiger partial charge in [0.15, 0.2) is 6.23 Å². The van der Waals surface area contributed by atoms with Crippen LogP contribution in [0.4, 0.5) is 5.69 Å². The number of esters is 1. The molecule has 4 rings (SSSR count). The van der Waals surface area contributed by atoms with Crippen LogP contribution in [0.25, 0.3) is 0 Å². The predicted molar refractivity (Wildman–Crippen MR) is 73.3 cm³/mol. The maximum Gasteiger partial charge on any atom is 0.342 e. The van der Waals surface area contributed by atoms with Crippen molar-refractivity contribution in [3.05, 3.63) is 29.8 Å². The van der Waals surface area contributed by atoms with Gasteiger partial charge in [0, 0.05) is 11.8 Å². The van der Waals surface area contributed by atoms with E-state index in [0.717, 1.165) is 31.4 Å². The van der Waals surface area contributed by atoms with Crippen LogP contribution < -0.4 is 4.90 Å². The number of carbonyl (C=O) groups is 2. The van der Waals surface area contributed by atoms with E-state index in [1.165, 1.54) is 6.42 Å². The smallest absolute Gasteiger partial charge is 0.342 e. The van der Waals surface area contributed by atoms with Gasteiger partial charge < -0.3 is 4.74 Å². The van der Waals surface area contributed by atoms with Crippen LogP contribution >= 0.6 is 0 Å².